The number of nitrogens with zero attached hydrogens (tertiary/aromatic N) is 2. The average molecular weight is 509 g/mol. The van der Waals surface area contributed by atoms with Crippen LogP contribution in [-0.2, 0) is 14.4 Å². The smallest absolute Gasteiger partial charge is 1.00 e. The molecule has 3 N–H and O–H groups in total. The van der Waals surface area contributed by atoms with E-state index in [1.807, 2.05) is 0 Å². The van der Waals surface area contributed by atoms with Crippen LogP contribution < -0.4 is 29.6 Å². The zero-order valence-corrected chi connectivity index (χ0v) is 24.4. The van der Waals surface area contributed by atoms with Crippen LogP contribution in [0.2, 0.25) is 0 Å². The maximum absolute atomic E-state index is 12.5. The van der Waals surface area contributed by atoms with Gasteiger partial charge in [0.1, 0.15) is 6.23 Å². The molecular weight excluding hydrogens is 459 g/mol. The summed E-state index contributed by atoms with van der Waals surface area (Å²) in [6.07, 6.45) is 19.2. The molecule has 35 heavy (non-hydrogen) atoms. The van der Waals surface area contributed by atoms with Crippen LogP contribution in [0, 0.1) is 0 Å². The standard InChI is InChI=1S/C26H48N2O6.Na.H/c1-3-4-5-6-7-8-9-10-11-12-13-14-15-16-17-18-24(30)28(23(2)29)20-19-27(21-25(31)32)22-26(33)34;;/h10-11,23,29H,3-9,12-22H2,1-2H3,(H,31,32)(H,33,34);;/q;+1;-1/b11-10-;;. The Hall–Kier alpha value is -0.930. The van der Waals surface area contributed by atoms with E-state index in [4.69, 9.17) is 10.2 Å². The van der Waals surface area contributed by atoms with Gasteiger partial charge in [-0.3, -0.25) is 19.3 Å². The quantitative estimate of drug-likeness (QED) is 0.0833. The Bertz CT molecular complexity index is 577. The Kier molecular flexibility index (Phi) is 25.6. The number of hydrogen-bond donors (Lipinski definition) is 3. The van der Waals surface area contributed by atoms with Crippen LogP contribution in [0.1, 0.15) is 105 Å². The third-order valence-electron chi connectivity index (χ3n) is 5.80. The van der Waals surface area contributed by atoms with Crippen LogP contribution in [0.5, 0.6) is 0 Å². The Morgan fingerprint density at radius 1 is 0.771 bits per heavy atom. The van der Waals surface area contributed by atoms with Crippen molar-refractivity contribution in [2.24, 2.45) is 0 Å². The van der Waals surface area contributed by atoms with Crippen LogP contribution in [0.4, 0.5) is 0 Å². The molecule has 0 heterocycles. The Labute approximate surface area is 235 Å². The normalized spacial score (nSPS) is 12.0. The number of aliphatic carboxylic acids is 2. The number of aliphatic hydroxyl groups excluding tert-OH is 1. The third-order valence-corrected chi connectivity index (χ3v) is 5.80. The summed E-state index contributed by atoms with van der Waals surface area (Å²) in [6.45, 7) is 3.02. The number of carbonyl (C=O) groups excluding carboxylic acids is 1. The molecule has 1 atom stereocenters. The van der Waals surface area contributed by atoms with Gasteiger partial charge in [0.15, 0.2) is 0 Å². The zero-order valence-electron chi connectivity index (χ0n) is 23.4. The molecule has 1 unspecified atom stereocenters. The summed E-state index contributed by atoms with van der Waals surface area (Å²) in [4.78, 5) is 36.8. The van der Waals surface area contributed by atoms with Gasteiger partial charge in [0.05, 0.1) is 13.1 Å². The summed E-state index contributed by atoms with van der Waals surface area (Å²) < 4.78 is 0. The molecule has 0 aliphatic carbocycles. The minimum atomic E-state index is -1.13. The fourth-order valence-electron chi connectivity index (χ4n) is 3.86. The van der Waals surface area contributed by atoms with E-state index in [0.29, 0.717) is 6.42 Å². The molecule has 0 aliphatic heterocycles. The minimum absolute atomic E-state index is 0. The maximum Gasteiger partial charge on any atom is 1.00 e. The van der Waals surface area contributed by atoms with Crippen molar-refractivity contribution in [3.63, 3.8) is 0 Å². The molecule has 8 nitrogen and oxygen atoms in total. The molecule has 9 heteroatoms. The van der Waals surface area contributed by atoms with Gasteiger partial charge in [0, 0.05) is 19.5 Å². The van der Waals surface area contributed by atoms with Crippen molar-refractivity contribution in [2.75, 3.05) is 26.2 Å². The van der Waals surface area contributed by atoms with Gasteiger partial charge >= 0.3 is 41.5 Å². The van der Waals surface area contributed by atoms with Crippen LogP contribution in [0.25, 0.3) is 0 Å². The number of hydrogen-bond acceptors (Lipinski definition) is 5. The molecule has 0 aromatic heterocycles. The van der Waals surface area contributed by atoms with Gasteiger partial charge in [-0.1, -0.05) is 70.4 Å². The van der Waals surface area contributed by atoms with Crippen molar-refractivity contribution in [2.45, 2.75) is 110 Å². The molecule has 0 aromatic carbocycles. The van der Waals surface area contributed by atoms with Gasteiger partial charge in [-0.2, -0.15) is 0 Å². The molecule has 0 aliphatic rings. The van der Waals surface area contributed by atoms with Crippen molar-refractivity contribution < 1.29 is 60.7 Å². The summed E-state index contributed by atoms with van der Waals surface area (Å²) in [5.74, 6) is -2.47. The van der Waals surface area contributed by atoms with Crippen molar-refractivity contribution in [1.82, 2.24) is 9.80 Å². The van der Waals surface area contributed by atoms with E-state index in [0.717, 1.165) is 38.5 Å². The predicted octanol–water partition coefficient (Wildman–Crippen LogP) is 1.78. The van der Waals surface area contributed by atoms with Gasteiger partial charge in [-0.25, -0.2) is 0 Å². The molecule has 0 spiro atoms. The molecule has 0 radical (unpaired) electrons. The Morgan fingerprint density at radius 3 is 1.69 bits per heavy atom. The number of rotatable bonds is 23. The molecule has 0 aromatic rings. The SMILES string of the molecule is CCCCCCCC/C=C\CCCCCCCC(=O)N(CCN(CC(=O)O)CC(=O)O)C(C)O.[H-].[Na+]. The summed E-state index contributed by atoms with van der Waals surface area (Å²) in [6, 6.07) is 0. The van der Waals surface area contributed by atoms with Crippen molar-refractivity contribution in [3.8, 4) is 0 Å². The van der Waals surface area contributed by atoms with E-state index in [1.54, 1.807) is 0 Å². The van der Waals surface area contributed by atoms with E-state index in [9.17, 15) is 19.5 Å². The van der Waals surface area contributed by atoms with Gasteiger partial charge < -0.3 is 21.6 Å². The number of carboxylic acids is 2. The minimum Gasteiger partial charge on any atom is -1.00 e. The maximum atomic E-state index is 12.5. The van der Waals surface area contributed by atoms with E-state index in [-0.39, 0.29) is 50.0 Å². The number of aliphatic hydroxyl groups is 1. The number of unbranched alkanes of at least 4 members (excludes halogenated alkanes) is 11. The zero-order chi connectivity index (χ0) is 25.6. The van der Waals surface area contributed by atoms with Gasteiger partial charge in [0.2, 0.25) is 5.91 Å². The predicted molar refractivity (Wildman–Crippen MR) is 136 cm³/mol. The van der Waals surface area contributed by atoms with Crippen LogP contribution in [0.15, 0.2) is 12.2 Å². The summed E-state index contributed by atoms with van der Waals surface area (Å²) in [7, 11) is 0. The van der Waals surface area contributed by atoms with E-state index in [2.05, 4.69) is 19.1 Å². The molecule has 0 rings (SSSR count). The first kappa shape index (κ1) is 36.2. The molecule has 0 saturated carbocycles. The number of carboxylic acid groups (broad SMARTS) is 2. The van der Waals surface area contributed by atoms with Gasteiger partial charge in [-0.15, -0.1) is 0 Å². The van der Waals surface area contributed by atoms with E-state index in [1.165, 1.54) is 61.7 Å². The molecule has 0 bridgehead atoms. The summed E-state index contributed by atoms with van der Waals surface area (Å²) in [5.41, 5.74) is 0. The first-order valence-electron chi connectivity index (χ1n) is 13.1. The van der Waals surface area contributed by atoms with E-state index >= 15 is 0 Å². The Morgan fingerprint density at radius 2 is 1.23 bits per heavy atom. The number of carbonyl (C=O) groups is 3. The average Bonchev–Trinajstić information content (AvgIpc) is 2.75. The fraction of sp³-hybridized carbons (Fsp3) is 0.808. The molecular formula is C26H49N2NaO6. The monoisotopic (exact) mass is 508 g/mol. The molecule has 0 fully saturated rings. The third kappa shape index (κ3) is 23.2. The van der Waals surface area contributed by atoms with Crippen LogP contribution >= 0.6 is 0 Å². The summed E-state index contributed by atoms with van der Waals surface area (Å²) >= 11 is 0. The first-order chi connectivity index (χ1) is 16.3. The van der Waals surface area contributed by atoms with Crippen molar-refractivity contribution >= 4 is 17.8 Å². The summed E-state index contributed by atoms with van der Waals surface area (Å²) in [5, 5.41) is 27.8. The molecule has 1 amide bonds. The Balaban J connectivity index is -0.00000544. The first-order valence-corrected chi connectivity index (χ1v) is 13.1. The number of amides is 1. The van der Waals surface area contributed by atoms with E-state index < -0.39 is 31.3 Å². The molecule has 0 saturated heterocycles. The van der Waals surface area contributed by atoms with Crippen LogP contribution in [0.3, 0.4) is 0 Å². The molecule has 200 valence electrons. The van der Waals surface area contributed by atoms with Crippen molar-refractivity contribution in [3.05, 3.63) is 12.2 Å². The van der Waals surface area contributed by atoms with Crippen molar-refractivity contribution in [1.29, 1.82) is 0 Å². The topological polar surface area (TPSA) is 118 Å². The second kappa shape index (κ2) is 24.8. The van der Waals surface area contributed by atoms with Gasteiger partial charge in [0.25, 0.3) is 0 Å². The fourth-order valence-corrected chi connectivity index (χ4v) is 3.86. The second-order valence-electron chi connectivity index (χ2n) is 9.05. The van der Waals surface area contributed by atoms with Gasteiger partial charge in [-0.05, 0) is 39.0 Å². The second-order valence-corrected chi connectivity index (χ2v) is 9.05. The number of allylic oxidation sites excluding steroid dienone is 2. The largest absolute Gasteiger partial charge is 1.00 e. The van der Waals surface area contributed by atoms with Crippen LogP contribution in [-0.4, -0.2) is 75.4 Å².